The van der Waals surface area contributed by atoms with E-state index in [1.807, 2.05) is 20.8 Å². The van der Waals surface area contributed by atoms with Gasteiger partial charge in [0, 0.05) is 11.6 Å². The highest BCUT2D eigenvalue weighted by Crippen LogP contribution is 2.30. The van der Waals surface area contributed by atoms with E-state index < -0.39 is 4.92 Å². The first-order valence-electron chi connectivity index (χ1n) is 6.28. The Bertz CT molecular complexity index is 809. The van der Waals surface area contributed by atoms with E-state index in [1.54, 1.807) is 28.7 Å². The van der Waals surface area contributed by atoms with Gasteiger partial charge in [0.15, 0.2) is 0 Å². The molecule has 0 unspecified atom stereocenters. The van der Waals surface area contributed by atoms with Crippen LogP contribution in [0.25, 0.3) is 4.96 Å². The Labute approximate surface area is 124 Å². The van der Waals surface area contributed by atoms with Gasteiger partial charge in [-0.2, -0.15) is 14.5 Å². The average molecular weight is 306 g/mol. The Kier molecular flexibility index (Phi) is 2.94. The molecule has 0 radical (unpaired) electrons. The molecular weight excluding hydrogens is 292 g/mol. The number of hydrogen-bond acceptors (Lipinski definition) is 6. The monoisotopic (exact) mass is 306 g/mol. The number of nitrogens with zero attached hydrogens (tertiary/aromatic N) is 5. The van der Waals surface area contributed by atoms with Crippen LogP contribution in [0.15, 0.2) is 24.0 Å². The molecule has 3 heterocycles. The molecule has 0 aliphatic heterocycles. The third kappa shape index (κ3) is 2.35. The maximum absolute atomic E-state index is 11.2. The zero-order valence-corrected chi connectivity index (χ0v) is 12.6. The number of thiazole rings is 1. The van der Waals surface area contributed by atoms with Gasteiger partial charge in [0.25, 0.3) is 4.96 Å². The lowest BCUT2D eigenvalue weighted by Crippen LogP contribution is -2.21. The molecule has 21 heavy (non-hydrogen) atoms. The van der Waals surface area contributed by atoms with Gasteiger partial charge in [0.05, 0.1) is 17.4 Å². The molecule has 0 saturated heterocycles. The lowest BCUT2D eigenvalue weighted by atomic mass is 10.1. The summed E-state index contributed by atoms with van der Waals surface area (Å²) in [6.07, 6.45) is 5.06. The summed E-state index contributed by atoms with van der Waals surface area (Å²) in [7, 11) is 0. The highest BCUT2D eigenvalue weighted by Gasteiger charge is 2.24. The number of hydrogen-bond donors (Lipinski definition) is 1. The second-order valence-corrected chi connectivity index (χ2v) is 6.44. The van der Waals surface area contributed by atoms with Crippen LogP contribution in [0, 0.1) is 10.1 Å². The van der Waals surface area contributed by atoms with Crippen molar-refractivity contribution in [2.75, 3.05) is 5.32 Å². The first-order valence-corrected chi connectivity index (χ1v) is 7.16. The third-order valence-corrected chi connectivity index (χ3v) is 3.70. The molecule has 1 N–H and O–H groups in total. The average Bonchev–Trinajstić information content (AvgIpc) is 3.01. The van der Waals surface area contributed by atoms with E-state index in [-0.39, 0.29) is 17.2 Å². The number of nitrogens with one attached hydrogen (secondary N) is 1. The summed E-state index contributed by atoms with van der Waals surface area (Å²) < 4.78 is 3.25. The summed E-state index contributed by atoms with van der Waals surface area (Å²) in [5, 5.41) is 20.2. The fourth-order valence-corrected chi connectivity index (χ4v) is 2.63. The van der Waals surface area contributed by atoms with E-state index in [9.17, 15) is 10.1 Å². The van der Waals surface area contributed by atoms with Crippen LogP contribution in [-0.4, -0.2) is 24.1 Å². The maximum Gasteiger partial charge on any atom is 0.373 e. The molecule has 0 aliphatic carbocycles. The number of nitro groups is 1. The summed E-state index contributed by atoms with van der Waals surface area (Å²) in [6.45, 7) is 6.08. The normalized spacial score (nSPS) is 12.0. The van der Waals surface area contributed by atoms with Crippen molar-refractivity contribution in [3.8, 4) is 0 Å². The van der Waals surface area contributed by atoms with Crippen LogP contribution in [0.1, 0.15) is 20.8 Å². The van der Waals surface area contributed by atoms with Crippen molar-refractivity contribution in [2.24, 2.45) is 0 Å². The molecule has 3 aromatic heterocycles. The Morgan fingerprint density at radius 3 is 2.81 bits per heavy atom. The van der Waals surface area contributed by atoms with Crippen molar-refractivity contribution in [3.63, 3.8) is 0 Å². The van der Waals surface area contributed by atoms with E-state index in [2.05, 4.69) is 15.4 Å². The van der Waals surface area contributed by atoms with Crippen LogP contribution in [0.4, 0.5) is 17.3 Å². The Morgan fingerprint density at radius 2 is 2.19 bits per heavy atom. The molecule has 0 spiro atoms. The molecule has 0 atom stereocenters. The number of anilines is 2. The fourth-order valence-electron chi connectivity index (χ4n) is 1.92. The van der Waals surface area contributed by atoms with Gasteiger partial charge < -0.3 is 15.4 Å². The van der Waals surface area contributed by atoms with E-state index in [4.69, 9.17) is 0 Å². The van der Waals surface area contributed by atoms with Crippen molar-refractivity contribution in [1.82, 2.24) is 19.2 Å². The molecule has 0 aromatic carbocycles. The minimum absolute atomic E-state index is 0.0743. The molecule has 0 fully saturated rings. The van der Waals surface area contributed by atoms with Gasteiger partial charge in [0.1, 0.15) is 6.20 Å². The zero-order valence-electron chi connectivity index (χ0n) is 11.8. The summed E-state index contributed by atoms with van der Waals surface area (Å²) in [5.41, 5.74) is 0.513. The van der Waals surface area contributed by atoms with E-state index >= 15 is 0 Å². The molecule has 0 saturated carbocycles. The molecule has 110 valence electrons. The van der Waals surface area contributed by atoms with E-state index in [0.29, 0.717) is 10.6 Å². The first kappa shape index (κ1) is 13.6. The van der Waals surface area contributed by atoms with Gasteiger partial charge in [-0.1, -0.05) is 11.3 Å². The van der Waals surface area contributed by atoms with Crippen molar-refractivity contribution in [2.45, 2.75) is 26.3 Å². The molecule has 3 aromatic rings. The van der Waals surface area contributed by atoms with Crippen LogP contribution >= 0.6 is 11.3 Å². The maximum atomic E-state index is 11.2. The quantitative estimate of drug-likeness (QED) is 0.593. The zero-order chi connectivity index (χ0) is 15.2. The van der Waals surface area contributed by atoms with E-state index in [0.717, 1.165) is 0 Å². The third-order valence-electron chi connectivity index (χ3n) is 2.94. The van der Waals surface area contributed by atoms with Crippen LogP contribution in [0.3, 0.4) is 0 Å². The number of aromatic nitrogens is 4. The highest BCUT2D eigenvalue weighted by molar-refractivity contribution is 7.15. The Balaban J connectivity index is 1.98. The van der Waals surface area contributed by atoms with Crippen molar-refractivity contribution < 1.29 is 4.92 Å². The predicted octanol–water partition coefficient (Wildman–Crippen LogP) is 3.00. The Morgan fingerprint density at radius 1 is 1.43 bits per heavy atom. The van der Waals surface area contributed by atoms with Gasteiger partial charge in [-0.25, -0.2) is 0 Å². The van der Waals surface area contributed by atoms with Gasteiger partial charge >= 0.3 is 5.82 Å². The lowest BCUT2D eigenvalue weighted by Gasteiger charge is -2.18. The molecule has 0 aliphatic rings. The van der Waals surface area contributed by atoms with Crippen molar-refractivity contribution >= 4 is 33.6 Å². The molecule has 3 rings (SSSR count). The summed E-state index contributed by atoms with van der Waals surface area (Å²) in [6, 6.07) is 0. The summed E-state index contributed by atoms with van der Waals surface area (Å²) in [5.74, 6) is 0.148. The van der Waals surface area contributed by atoms with Crippen molar-refractivity contribution in [3.05, 3.63) is 34.1 Å². The van der Waals surface area contributed by atoms with Gasteiger partial charge in [-0.05, 0) is 25.7 Å². The molecule has 8 nitrogen and oxygen atoms in total. The van der Waals surface area contributed by atoms with Crippen LogP contribution in [0.2, 0.25) is 0 Å². The SMILES string of the molecule is CC(C)(C)n1cc(Nc2nc3sccn3c2[N+](=O)[O-])cn1. The first-order chi connectivity index (χ1) is 9.86. The minimum atomic E-state index is -0.441. The number of rotatable bonds is 3. The van der Waals surface area contributed by atoms with Crippen LogP contribution in [-0.2, 0) is 5.54 Å². The smallest absolute Gasteiger partial charge is 0.358 e. The second kappa shape index (κ2) is 4.55. The number of imidazole rings is 1. The summed E-state index contributed by atoms with van der Waals surface area (Å²) in [4.78, 5) is 15.6. The summed E-state index contributed by atoms with van der Waals surface area (Å²) >= 11 is 1.35. The van der Waals surface area contributed by atoms with Crippen LogP contribution < -0.4 is 5.32 Å². The lowest BCUT2D eigenvalue weighted by molar-refractivity contribution is -0.389. The topological polar surface area (TPSA) is 90.3 Å². The van der Waals surface area contributed by atoms with Gasteiger partial charge in [-0.15, -0.1) is 0 Å². The molecule has 9 heteroatoms. The highest BCUT2D eigenvalue weighted by atomic mass is 32.1. The van der Waals surface area contributed by atoms with Gasteiger partial charge in [0.2, 0.25) is 5.82 Å². The molecule has 0 amide bonds. The Hall–Kier alpha value is -2.42. The largest absolute Gasteiger partial charge is 0.373 e. The number of fused-ring (bicyclic) bond motifs is 1. The van der Waals surface area contributed by atoms with Crippen LogP contribution in [0.5, 0.6) is 0 Å². The second-order valence-electron chi connectivity index (χ2n) is 5.57. The van der Waals surface area contributed by atoms with E-state index in [1.165, 1.54) is 15.7 Å². The predicted molar refractivity (Wildman–Crippen MR) is 80.2 cm³/mol. The molecule has 0 bridgehead atoms. The van der Waals surface area contributed by atoms with Crippen molar-refractivity contribution in [1.29, 1.82) is 0 Å². The molecular formula is C12H14N6O2S. The van der Waals surface area contributed by atoms with Gasteiger partial charge in [-0.3, -0.25) is 4.68 Å². The minimum Gasteiger partial charge on any atom is -0.358 e. The standard InChI is InChI=1S/C12H14N6O2S/c1-12(2,3)17-7-8(6-13-17)14-9-10(18(19)20)16-4-5-21-11(16)15-9/h4-7,14H,1-3H3. The fraction of sp³-hybridized carbons (Fsp3) is 0.333.